The first-order valence-electron chi connectivity index (χ1n) is 5.74. The Labute approximate surface area is 116 Å². The van der Waals surface area contributed by atoms with E-state index in [1.807, 2.05) is 30.3 Å². The first kappa shape index (κ1) is 14.1. The summed E-state index contributed by atoms with van der Waals surface area (Å²) in [6, 6.07) is 14.7. The quantitative estimate of drug-likeness (QED) is 0.793. The van der Waals surface area contributed by atoms with Gasteiger partial charge in [-0.15, -0.1) is 11.8 Å². The van der Waals surface area contributed by atoms with Gasteiger partial charge in [-0.2, -0.15) is 0 Å². The van der Waals surface area contributed by atoms with Crippen molar-refractivity contribution in [3.05, 3.63) is 60.4 Å². The molecule has 19 heavy (non-hydrogen) atoms. The molecule has 0 spiro atoms. The van der Waals surface area contributed by atoms with E-state index in [1.165, 1.54) is 30.0 Å². The lowest BCUT2D eigenvalue weighted by Gasteiger charge is -2.04. The van der Waals surface area contributed by atoms with Crippen molar-refractivity contribution in [2.24, 2.45) is 0 Å². The van der Waals surface area contributed by atoms with E-state index < -0.39 is 15.7 Å². The first-order valence-corrected chi connectivity index (χ1v) is 8.38. The second kappa shape index (κ2) is 6.21. The van der Waals surface area contributed by atoms with Crippen LogP contribution >= 0.6 is 11.8 Å². The van der Waals surface area contributed by atoms with Gasteiger partial charge in [0.25, 0.3) is 0 Å². The Kier molecular flexibility index (Phi) is 4.61. The molecule has 2 aromatic carbocycles. The molecular formula is C14H13FO2S2. The molecule has 0 aliphatic carbocycles. The fourth-order valence-electron chi connectivity index (χ4n) is 1.56. The molecule has 2 aromatic rings. The normalized spacial score (nSPS) is 11.4. The van der Waals surface area contributed by atoms with E-state index in [2.05, 4.69) is 0 Å². The highest BCUT2D eigenvalue weighted by atomic mass is 32.2. The number of halogens is 1. The molecule has 2 rings (SSSR count). The summed E-state index contributed by atoms with van der Waals surface area (Å²) in [4.78, 5) is 1.07. The van der Waals surface area contributed by atoms with Crippen LogP contribution in [0.15, 0.2) is 64.4 Å². The molecule has 5 heteroatoms. The van der Waals surface area contributed by atoms with Crippen molar-refractivity contribution in [1.29, 1.82) is 0 Å². The Hall–Kier alpha value is -1.33. The molecular weight excluding hydrogens is 283 g/mol. The number of hydrogen-bond donors (Lipinski definition) is 0. The number of rotatable bonds is 5. The smallest absolute Gasteiger partial charge is 0.179 e. The summed E-state index contributed by atoms with van der Waals surface area (Å²) < 4.78 is 37.0. The van der Waals surface area contributed by atoms with Gasteiger partial charge >= 0.3 is 0 Å². The molecule has 0 aliphatic heterocycles. The summed E-state index contributed by atoms with van der Waals surface area (Å²) in [5, 5.41) is 0. The summed E-state index contributed by atoms with van der Waals surface area (Å²) in [5.74, 6) is -0.0874. The van der Waals surface area contributed by atoms with Crippen LogP contribution in [0.25, 0.3) is 0 Å². The van der Waals surface area contributed by atoms with E-state index in [4.69, 9.17) is 0 Å². The van der Waals surface area contributed by atoms with Crippen molar-refractivity contribution < 1.29 is 12.8 Å². The molecule has 0 N–H and O–H groups in total. The highest BCUT2D eigenvalue weighted by molar-refractivity contribution is 8.00. The third-order valence-electron chi connectivity index (χ3n) is 2.52. The molecule has 0 atom stereocenters. The van der Waals surface area contributed by atoms with Crippen LogP contribution in [0, 0.1) is 5.82 Å². The minimum Gasteiger partial charge on any atom is -0.224 e. The Morgan fingerprint density at radius 3 is 2.42 bits per heavy atom. The van der Waals surface area contributed by atoms with Crippen molar-refractivity contribution in [1.82, 2.24) is 0 Å². The monoisotopic (exact) mass is 296 g/mol. The summed E-state index contributed by atoms with van der Waals surface area (Å²) in [6.45, 7) is 0. The predicted molar refractivity (Wildman–Crippen MR) is 75.6 cm³/mol. The maximum Gasteiger partial charge on any atom is 0.179 e. The zero-order valence-electron chi connectivity index (χ0n) is 10.1. The minimum atomic E-state index is -3.41. The third-order valence-corrected chi connectivity index (χ3v) is 5.51. The maximum atomic E-state index is 13.0. The molecule has 0 fully saturated rings. The lowest BCUT2D eigenvalue weighted by atomic mass is 10.4. The van der Waals surface area contributed by atoms with Crippen molar-refractivity contribution >= 4 is 21.6 Å². The highest BCUT2D eigenvalue weighted by Crippen LogP contribution is 2.19. The Bertz CT molecular complexity index is 640. The van der Waals surface area contributed by atoms with E-state index in [-0.39, 0.29) is 10.6 Å². The minimum absolute atomic E-state index is 0.00395. The number of hydrogen-bond acceptors (Lipinski definition) is 3. The van der Waals surface area contributed by atoms with E-state index in [0.717, 1.165) is 11.0 Å². The van der Waals surface area contributed by atoms with Gasteiger partial charge in [-0.05, 0) is 30.3 Å². The average Bonchev–Trinajstić information content (AvgIpc) is 2.40. The topological polar surface area (TPSA) is 34.1 Å². The molecule has 0 heterocycles. The highest BCUT2D eigenvalue weighted by Gasteiger charge is 2.14. The molecule has 0 unspecified atom stereocenters. The molecule has 0 amide bonds. The lowest BCUT2D eigenvalue weighted by Crippen LogP contribution is -2.09. The van der Waals surface area contributed by atoms with Crippen LogP contribution in [0.3, 0.4) is 0 Å². The van der Waals surface area contributed by atoms with Gasteiger partial charge in [0, 0.05) is 10.6 Å². The Morgan fingerprint density at radius 2 is 1.74 bits per heavy atom. The van der Waals surface area contributed by atoms with Gasteiger partial charge in [-0.25, -0.2) is 12.8 Å². The fourth-order valence-corrected chi connectivity index (χ4v) is 4.17. The summed E-state index contributed by atoms with van der Waals surface area (Å²) >= 11 is 1.47. The molecule has 2 nitrogen and oxygen atoms in total. The summed E-state index contributed by atoms with van der Waals surface area (Å²) in [5.41, 5.74) is 0. The van der Waals surface area contributed by atoms with Gasteiger partial charge in [0.2, 0.25) is 0 Å². The SMILES string of the molecule is O=S(=O)(CCSc1ccccc1)c1cccc(F)c1. The van der Waals surface area contributed by atoms with Gasteiger partial charge in [-0.3, -0.25) is 0 Å². The average molecular weight is 296 g/mol. The third kappa shape index (κ3) is 4.08. The number of benzene rings is 2. The van der Waals surface area contributed by atoms with Crippen molar-refractivity contribution in [3.8, 4) is 0 Å². The second-order valence-electron chi connectivity index (χ2n) is 3.94. The van der Waals surface area contributed by atoms with E-state index in [0.29, 0.717) is 5.75 Å². The van der Waals surface area contributed by atoms with Crippen molar-refractivity contribution in [3.63, 3.8) is 0 Å². The molecule has 0 radical (unpaired) electrons. The standard InChI is InChI=1S/C14H13FO2S2/c15-12-5-4-8-14(11-12)19(16,17)10-9-18-13-6-2-1-3-7-13/h1-8,11H,9-10H2. The van der Waals surface area contributed by atoms with Crippen LogP contribution in [-0.4, -0.2) is 19.9 Å². The van der Waals surface area contributed by atoms with Crippen LogP contribution in [0.5, 0.6) is 0 Å². The van der Waals surface area contributed by atoms with Gasteiger partial charge in [0.15, 0.2) is 9.84 Å². The van der Waals surface area contributed by atoms with Gasteiger partial charge < -0.3 is 0 Å². The summed E-state index contributed by atoms with van der Waals surface area (Å²) in [6.07, 6.45) is 0. The number of thioether (sulfide) groups is 1. The molecule has 0 saturated heterocycles. The van der Waals surface area contributed by atoms with Gasteiger partial charge in [0.05, 0.1) is 10.6 Å². The zero-order valence-corrected chi connectivity index (χ0v) is 11.8. The van der Waals surface area contributed by atoms with Crippen LogP contribution in [0.4, 0.5) is 4.39 Å². The fraction of sp³-hybridized carbons (Fsp3) is 0.143. The zero-order chi connectivity index (χ0) is 13.7. The molecule has 100 valence electrons. The molecule has 0 aromatic heterocycles. The first-order chi connectivity index (χ1) is 9.08. The van der Waals surface area contributed by atoms with Gasteiger partial charge in [0.1, 0.15) is 5.82 Å². The number of sulfone groups is 1. The Balaban J connectivity index is 1.99. The predicted octanol–water partition coefficient (Wildman–Crippen LogP) is 3.39. The maximum absolute atomic E-state index is 13.0. The Morgan fingerprint density at radius 1 is 1.00 bits per heavy atom. The largest absolute Gasteiger partial charge is 0.224 e. The van der Waals surface area contributed by atoms with Crippen molar-refractivity contribution in [2.45, 2.75) is 9.79 Å². The van der Waals surface area contributed by atoms with Crippen LogP contribution in [0.2, 0.25) is 0 Å². The van der Waals surface area contributed by atoms with Crippen LogP contribution in [-0.2, 0) is 9.84 Å². The van der Waals surface area contributed by atoms with Crippen molar-refractivity contribution in [2.75, 3.05) is 11.5 Å². The van der Waals surface area contributed by atoms with E-state index >= 15 is 0 Å². The molecule has 0 aliphatic rings. The van der Waals surface area contributed by atoms with E-state index in [1.54, 1.807) is 0 Å². The van der Waals surface area contributed by atoms with Crippen LogP contribution in [0.1, 0.15) is 0 Å². The van der Waals surface area contributed by atoms with Gasteiger partial charge in [-0.1, -0.05) is 24.3 Å². The summed E-state index contributed by atoms with van der Waals surface area (Å²) in [7, 11) is -3.41. The molecule has 0 saturated carbocycles. The molecule has 0 bridgehead atoms. The van der Waals surface area contributed by atoms with E-state index in [9.17, 15) is 12.8 Å². The lowest BCUT2D eigenvalue weighted by molar-refractivity contribution is 0.592. The second-order valence-corrected chi connectivity index (χ2v) is 7.22. The van der Waals surface area contributed by atoms with Crippen LogP contribution < -0.4 is 0 Å².